The largest absolute Gasteiger partial charge is 0.441 e. The highest BCUT2D eigenvalue weighted by Gasteiger charge is 2.42. The topological polar surface area (TPSA) is 62.6 Å². The van der Waals surface area contributed by atoms with E-state index in [0.29, 0.717) is 6.54 Å². The van der Waals surface area contributed by atoms with Gasteiger partial charge in [-0.15, -0.1) is 11.3 Å². The third kappa shape index (κ3) is 3.61. The number of alkyl carbamates (subject to hydrolysis) is 1. The summed E-state index contributed by atoms with van der Waals surface area (Å²) >= 11 is 1.83. The molecule has 1 spiro atoms. The molecule has 1 N–H and O–H groups in total. The molecule has 1 amide bonds. The Morgan fingerprint density at radius 1 is 1.19 bits per heavy atom. The van der Waals surface area contributed by atoms with E-state index in [2.05, 4.69) is 43.4 Å². The maximum absolute atomic E-state index is 11.4. The second-order valence-electron chi connectivity index (χ2n) is 7.84. The monoisotopic (exact) mass is 387 g/mol. The summed E-state index contributed by atoms with van der Waals surface area (Å²) in [7, 11) is 0. The molecule has 3 aliphatic heterocycles. The van der Waals surface area contributed by atoms with Crippen molar-refractivity contribution >= 4 is 17.4 Å². The first-order chi connectivity index (χ1) is 13.2. The van der Waals surface area contributed by atoms with Crippen LogP contribution in [-0.4, -0.2) is 57.5 Å². The molecule has 5 rings (SSSR count). The van der Waals surface area contributed by atoms with Gasteiger partial charge in [0.1, 0.15) is 5.60 Å². The molecule has 7 nitrogen and oxygen atoms in total. The predicted molar refractivity (Wildman–Crippen MR) is 102 cm³/mol. The molecule has 3 aliphatic rings. The molecule has 27 heavy (non-hydrogen) atoms. The van der Waals surface area contributed by atoms with Gasteiger partial charge in [0.2, 0.25) is 0 Å². The molecule has 0 bridgehead atoms. The van der Waals surface area contributed by atoms with Gasteiger partial charge in [0.05, 0.1) is 24.5 Å². The zero-order chi connectivity index (χ0) is 18.3. The maximum Gasteiger partial charge on any atom is 0.407 e. The third-order valence-electron chi connectivity index (χ3n) is 5.90. The average Bonchev–Trinajstić information content (AvgIpc) is 3.38. The van der Waals surface area contributed by atoms with Crippen molar-refractivity contribution < 1.29 is 9.53 Å². The average molecular weight is 388 g/mol. The van der Waals surface area contributed by atoms with Crippen LogP contribution in [0.5, 0.6) is 0 Å². The van der Waals surface area contributed by atoms with E-state index in [1.807, 2.05) is 11.3 Å². The number of hydrogen-bond donors (Lipinski definition) is 1. The van der Waals surface area contributed by atoms with E-state index < -0.39 is 0 Å². The van der Waals surface area contributed by atoms with Crippen molar-refractivity contribution in [1.29, 1.82) is 0 Å². The van der Waals surface area contributed by atoms with Crippen LogP contribution in [0, 0.1) is 0 Å². The van der Waals surface area contributed by atoms with Gasteiger partial charge in [-0.25, -0.2) is 4.79 Å². The Morgan fingerprint density at radius 2 is 2.07 bits per heavy atom. The van der Waals surface area contributed by atoms with Crippen molar-refractivity contribution in [3.63, 3.8) is 0 Å². The number of piperidine rings is 1. The number of nitrogens with zero attached hydrogens (tertiary/aromatic N) is 4. The Hall–Kier alpha value is -1.90. The zero-order valence-electron chi connectivity index (χ0n) is 15.4. The third-order valence-corrected chi connectivity index (χ3v) is 6.77. The molecule has 2 aromatic rings. The Labute approximate surface area is 162 Å². The molecule has 0 radical (unpaired) electrons. The van der Waals surface area contributed by atoms with Gasteiger partial charge in [0.25, 0.3) is 0 Å². The molecule has 0 atom stereocenters. The smallest absolute Gasteiger partial charge is 0.407 e. The number of hydrogen-bond acceptors (Lipinski definition) is 6. The summed E-state index contributed by atoms with van der Waals surface area (Å²) in [6.45, 7) is 7.43. The van der Waals surface area contributed by atoms with Crippen molar-refractivity contribution in [2.24, 2.45) is 0 Å². The number of aromatic nitrogens is 2. The van der Waals surface area contributed by atoms with Crippen molar-refractivity contribution in [2.75, 3.05) is 26.2 Å². The van der Waals surface area contributed by atoms with Crippen LogP contribution >= 0.6 is 11.3 Å². The number of thiophene rings is 1. The quantitative estimate of drug-likeness (QED) is 0.870. The van der Waals surface area contributed by atoms with Crippen LogP contribution in [0.25, 0.3) is 0 Å². The number of rotatable bonds is 4. The number of amides is 1. The van der Waals surface area contributed by atoms with Crippen molar-refractivity contribution in [3.8, 4) is 0 Å². The SMILES string of the molecule is O=C1NCC2(CCN(Cc3cc4n(n3)CCN(Cc3cccs3)C4)CC2)O1. The van der Waals surface area contributed by atoms with Gasteiger partial charge in [-0.3, -0.25) is 14.5 Å². The van der Waals surface area contributed by atoms with Gasteiger partial charge in [-0.1, -0.05) is 6.07 Å². The number of likely N-dealkylation sites (tertiary alicyclic amines) is 1. The summed E-state index contributed by atoms with van der Waals surface area (Å²) < 4.78 is 7.68. The van der Waals surface area contributed by atoms with E-state index in [9.17, 15) is 4.79 Å². The summed E-state index contributed by atoms with van der Waals surface area (Å²) in [5.74, 6) is 0. The minimum atomic E-state index is -0.274. The fraction of sp³-hybridized carbons (Fsp3) is 0.579. The van der Waals surface area contributed by atoms with E-state index in [-0.39, 0.29) is 11.7 Å². The second-order valence-corrected chi connectivity index (χ2v) is 8.87. The molecular weight excluding hydrogens is 362 g/mol. The van der Waals surface area contributed by atoms with Crippen LogP contribution in [-0.2, 0) is 30.9 Å². The van der Waals surface area contributed by atoms with Crippen LogP contribution in [0.1, 0.15) is 29.1 Å². The molecule has 8 heteroatoms. The summed E-state index contributed by atoms with van der Waals surface area (Å²) in [6, 6.07) is 6.60. The van der Waals surface area contributed by atoms with Gasteiger partial charge in [0.15, 0.2) is 0 Å². The lowest BCUT2D eigenvalue weighted by Gasteiger charge is -2.36. The molecule has 0 aromatic carbocycles. The van der Waals surface area contributed by atoms with Gasteiger partial charge in [0, 0.05) is 57.0 Å². The Kier molecular flexibility index (Phi) is 4.41. The molecule has 0 unspecified atom stereocenters. The molecular formula is C19H25N5O2S. The van der Waals surface area contributed by atoms with Gasteiger partial charge in [-0.2, -0.15) is 5.10 Å². The number of fused-ring (bicyclic) bond motifs is 1. The summed E-state index contributed by atoms with van der Waals surface area (Å²) in [6.07, 6.45) is 1.53. The molecule has 2 saturated heterocycles. The standard InChI is InChI=1S/C19H25N5O2S/c25-18-20-14-19(26-18)3-5-22(6-4-19)11-15-10-16-12-23(7-8-24(16)21-15)13-17-2-1-9-27-17/h1-2,9-10H,3-8,11-14H2,(H,20,25). The lowest BCUT2D eigenvalue weighted by molar-refractivity contribution is -0.00132. The van der Waals surface area contributed by atoms with Crippen molar-refractivity contribution in [3.05, 3.63) is 39.8 Å². The van der Waals surface area contributed by atoms with Gasteiger partial charge < -0.3 is 10.1 Å². The van der Waals surface area contributed by atoms with Crippen molar-refractivity contribution in [2.45, 2.75) is 44.6 Å². The Bertz CT molecular complexity index is 810. The highest BCUT2D eigenvalue weighted by Crippen LogP contribution is 2.30. The lowest BCUT2D eigenvalue weighted by atomic mass is 9.91. The molecule has 0 aliphatic carbocycles. The van der Waals surface area contributed by atoms with Crippen LogP contribution in [0.15, 0.2) is 23.6 Å². The number of ether oxygens (including phenoxy) is 1. The van der Waals surface area contributed by atoms with E-state index >= 15 is 0 Å². The fourth-order valence-electron chi connectivity index (χ4n) is 4.34. The van der Waals surface area contributed by atoms with E-state index in [1.165, 1.54) is 10.6 Å². The first-order valence-electron chi connectivity index (χ1n) is 9.67. The van der Waals surface area contributed by atoms with Crippen LogP contribution in [0.2, 0.25) is 0 Å². The van der Waals surface area contributed by atoms with Crippen LogP contribution < -0.4 is 5.32 Å². The molecule has 2 aromatic heterocycles. The Balaban J connectivity index is 1.17. The first-order valence-corrected chi connectivity index (χ1v) is 10.6. The Morgan fingerprint density at radius 3 is 2.81 bits per heavy atom. The number of nitrogens with one attached hydrogen (secondary N) is 1. The van der Waals surface area contributed by atoms with E-state index in [0.717, 1.165) is 64.3 Å². The second kappa shape index (κ2) is 6.92. The molecule has 144 valence electrons. The minimum absolute atomic E-state index is 0.266. The van der Waals surface area contributed by atoms with E-state index in [1.54, 1.807) is 0 Å². The molecule has 0 saturated carbocycles. The maximum atomic E-state index is 11.4. The normalized spacial score (nSPS) is 22.6. The predicted octanol–water partition coefficient (Wildman–Crippen LogP) is 2.03. The van der Waals surface area contributed by atoms with Gasteiger partial charge >= 0.3 is 6.09 Å². The van der Waals surface area contributed by atoms with Crippen molar-refractivity contribution in [1.82, 2.24) is 24.9 Å². The summed E-state index contributed by atoms with van der Waals surface area (Å²) in [4.78, 5) is 17.7. The van der Waals surface area contributed by atoms with Gasteiger partial charge in [-0.05, 0) is 17.5 Å². The molecule has 2 fully saturated rings. The zero-order valence-corrected chi connectivity index (χ0v) is 16.2. The van der Waals surface area contributed by atoms with E-state index in [4.69, 9.17) is 9.84 Å². The first kappa shape index (κ1) is 17.2. The lowest BCUT2D eigenvalue weighted by Crippen LogP contribution is -2.46. The highest BCUT2D eigenvalue weighted by molar-refractivity contribution is 7.09. The summed E-state index contributed by atoms with van der Waals surface area (Å²) in [5, 5.41) is 9.77. The van der Waals surface area contributed by atoms with Crippen LogP contribution in [0.3, 0.4) is 0 Å². The minimum Gasteiger partial charge on any atom is -0.441 e. The number of carbonyl (C=O) groups excluding carboxylic acids is 1. The molecule has 5 heterocycles. The summed E-state index contributed by atoms with van der Waals surface area (Å²) in [5.41, 5.74) is 2.19. The van der Waals surface area contributed by atoms with Crippen LogP contribution in [0.4, 0.5) is 4.79 Å². The fourth-order valence-corrected chi connectivity index (χ4v) is 5.09. The highest BCUT2D eigenvalue weighted by atomic mass is 32.1. The number of carbonyl (C=O) groups is 1.